The summed E-state index contributed by atoms with van der Waals surface area (Å²) >= 11 is 0. The normalized spacial score (nSPS) is 10.5. The van der Waals surface area contributed by atoms with Gasteiger partial charge in [-0.3, -0.25) is 5.26 Å². The van der Waals surface area contributed by atoms with Crippen LogP contribution in [0.5, 0.6) is 0 Å². The molecule has 0 aromatic heterocycles. The first kappa shape index (κ1) is 11.9. The lowest BCUT2D eigenvalue weighted by atomic mass is 10.4. The summed E-state index contributed by atoms with van der Waals surface area (Å²) in [5.74, 6) is 2.25. The van der Waals surface area contributed by atoms with Crippen molar-refractivity contribution in [3.63, 3.8) is 0 Å². The number of rotatable bonds is 3. The van der Waals surface area contributed by atoms with Crippen LogP contribution < -0.4 is 0 Å². The summed E-state index contributed by atoms with van der Waals surface area (Å²) in [6.07, 6.45) is 4.46. The molecule has 0 saturated carbocycles. The minimum absolute atomic E-state index is 0.0208. The van der Waals surface area contributed by atoms with Gasteiger partial charge in [-0.15, -0.1) is 19.6 Å². The Morgan fingerprint density at radius 3 is 2.30 bits per heavy atom. The molecule has 0 amide bonds. The van der Waals surface area contributed by atoms with Gasteiger partial charge in [0.15, 0.2) is 0 Å². The minimum Gasteiger partial charge on any atom is -0.366 e. The third kappa shape index (κ3) is 7.18. The fourth-order valence-corrected chi connectivity index (χ4v) is 0.252. The van der Waals surface area contributed by atoms with Gasteiger partial charge in [0.2, 0.25) is 0 Å². The molecule has 0 aromatic rings. The van der Waals surface area contributed by atoms with Crippen molar-refractivity contribution in [1.29, 1.82) is 0 Å². The van der Waals surface area contributed by atoms with Crippen molar-refractivity contribution in [2.45, 2.75) is 6.10 Å². The molecule has 0 aliphatic rings. The molecule has 0 fully saturated rings. The molecule has 1 unspecified atom stereocenters. The van der Waals surface area contributed by atoms with E-state index < -0.39 is 6.10 Å². The van der Waals surface area contributed by atoms with Crippen LogP contribution in [0.1, 0.15) is 0 Å². The van der Waals surface area contributed by atoms with Crippen molar-refractivity contribution in [3.8, 4) is 12.3 Å². The molecule has 0 rings (SSSR count). The zero-order valence-corrected chi connectivity index (χ0v) is 6.04. The van der Waals surface area contributed by atoms with Crippen molar-refractivity contribution in [2.24, 2.45) is 0 Å². The quantitative estimate of drug-likeness (QED) is 0.277. The van der Waals surface area contributed by atoms with Gasteiger partial charge in [-0.05, 0) is 0 Å². The van der Waals surface area contributed by atoms with Crippen LogP contribution in [-0.2, 0) is 9.62 Å². The fourth-order valence-electron chi connectivity index (χ4n) is 0.252. The number of ether oxygens (including phenoxy) is 1. The Bertz CT molecular complexity index is 95.5. The molecule has 0 aromatic carbocycles. The van der Waals surface area contributed by atoms with E-state index in [-0.39, 0.29) is 6.61 Å². The van der Waals surface area contributed by atoms with E-state index in [4.69, 9.17) is 11.7 Å². The Labute approximate surface area is 61.2 Å². The maximum absolute atomic E-state index is 7.82. The van der Waals surface area contributed by atoms with Gasteiger partial charge < -0.3 is 4.74 Å². The van der Waals surface area contributed by atoms with Gasteiger partial charge in [0.25, 0.3) is 0 Å². The average molecular weight is 144 g/mol. The maximum Gasteiger partial charge on any atom is 0.143 e. The fraction of sp³-hybridized carbons (Fsp3) is 0.429. The van der Waals surface area contributed by atoms with Gasteiger partial charge >= 0.3 is 0 Å². The van der Waals surface area contributed by atoms with Gasteiger partial charge in [0.1, 0.15) is 12.7 Å². The highest BCUT2D eigenvalue weighted by atomic mass is 17.1. The second kappa shape index (κ2) is 11.0. The van der Waals surface area contributed by atoms with E-state index in [0.29, 0.717) is 0 Å². The molecule has 3 nitrogen and oxygen atoms in total. The lowest BCUT2D eigenvalue weighted by Crippen LogP contribution is -2.14. The third-order valence-electron chi connectivity index (χ3n) is 0.696. The molecule has 3 heteroatoms. The molecule has 0 radical (unpaired) electrons. The van der Waals surface area contributed by atoms with Crippen LogP contribution in [0.15, 0.2) is 13.2 Å². The first-order valence-electron chi connectivity index (χ1n) is 2.60. The molecular weight excluding hydrogens is 132 g/mol. The highest BCUT2D eigenvalue weighted by Crippen LogP contribution is 1.85. The van der Waals surface area contributed by atoms with Gasteiger partial charge in [0, 0.05) is 7.11 Å². The third-order valence-corrected chi connectivity index (χ3v) is 0.696. The molecule has 0 aliphatic carbocycles. The first-order chi connectivity index (χ1) is 4.85. The number of hydrogen-bond donors (Lipinski definition) is 1. The molecule has 0 saturated heterocycles. The van der Waals surface area contributed by atoms with E-state index in [1.807, 2.05) is 0 Å². The minimum atomic E-state index is -0.444. The lowest BCUT2D eigenvalue weighted by molar-refractivity contribution is -0.253. The molecule has 0 bridgehead atoms. The van der Waals surface area contributed by atoms with Crippen LogP contribution in [0, 0.1) is 12.3 Å². The molecule has 0 aliphatic heterocycles. The molecular formula is C7H12O3. The monoisotopic (exact) mass is 144 g/mol. The standard InChI is InChI=1S/C5H8O3.C2H4/c1-3-5(7-2)4-8-6;1-2/h1,5-6H,4H2,2H3;1-2H2. The van der Waals surface area contributed by atoms with E-state index >= 15 is 0 Å². The van der Waals surface area contributed by atoms with Gasteiger partial charge in [-0.1, -0.05) is 5.92 Å². The molecule has 1 N–H and O–H groups in total. The van der Waals surface area contributed by atoms with Gasteiger partial charge in [-0.25, -0.2) is 4.89 Å². The van der Waals surface area contributed by atoms with Crippen molar-refractivity contribution < 1.29 is 14.9 Å². The smallest absolute Gasteiger partial charge is 0.143 e. The molecule has 58 valence electrons. The van der Waals surface area contributed by atoms with E-state index in [1.165, 1.54) is 7.11 Å². The number of methoxy groups -OCH3 is 1. The molecule has 1 atom stereocenters. The Morgan fingerprint density at radius 1 is 1.70 bits per heavy atom. The van der Waals surface area contributed by atoms with E-state index in [1.54, 1.807) is 0 Å². The lowest BCUT2D eigenvalue weighted by Gasteiger charge is -2.02. The van der Waals surface area contributed by atoms with E-state index in [9.17, 15) is 0 Å². The predicted octanol–water partition coefficient (Wildman–Crippen LogP) is 0.926. The summed E-state index contributed by atoms with van der Waals surface area (Å²) in [6, 6.07) is 0. The SMILES string of the molecule is C#CC(COO)OC.C=C. The summed E-state index contributed by atoms with van der Waals surface area (Å²) in [5.41, 5.74) is 0. The molecule has 0 heterocycles. The number of terminal acetylenes is 1. The maximum atomic E-state index is 7.82. The van der Waals surface area contributed by atoms with Crippen molar-refractivity contribution in [2.75, 3.05) is 13.7 Å². The van der Waals surface area contributed by atoms with Gasteiger partial charge in [-0.2, -0.15) is 0 Å². The van der Waals surface area contributed by atoms with Crippen molar-refractivity contribution in [1.82, 2.24) is 0 Å². The van der Waals surface area contributed by atoms with E-state index in [2.05, 4.69) is 28.7 Å². The summed E-state index contributed by atoms with van der Waals surface area (Å²) in [6.45, 7) is 6.02. The largest absolute Gasteiger partial charge is 0.366 e. The number of hydrogen-bond acceptors (Lipinski definition) is 3. The van der Waals surface area contributed by atoms with Crippen LogP contribution in [0.4, 0.5) is 0 Å². The zero-order chi connectivity index (χ0) is 8.41. The Hall–Kier alpha value is -0.820. The topological polar surface area (TPSA) is 38.7 Å². The molecule has 0 spiro atoms. The average Bonchev–Trinajstić information content (AvgIpc) is 2.04. The zero-order valence-electron chi connectivity index (χ0n) is 6.04. The van der Waals surface area contributed by atoms with Crippen molar-refractivity contribution in [3.05, 3.63) is 13.2 Å². The van der Waals surface area contributed by atoms with Gasteiger partial charge in [0.05, 0.1) is 0 Å². The highest BCUT2D eigenvalue weighted by Gasteiger charge is 1.99. The van der Waals surface area contributed by atoms with Crippen LogP contribution in [0.2, 0.25) is 0 Å². The summed E-state index contributed by atoms with van der Waals surface area (Å²) in [5, 5.41) is 7.82. The summed E-state index contributed by atoms with van der Waals surface area (Å²) < 4.78 is 4.62. The van der Waals surface area contributed by atoms with Crippen LogP contribution >= 0.6 is 0 Å². The highest BCUT2D eigenvalue weighted by molar-refractivity contribution is 4.93. The second-order valence-corrected chi connectivity index (χ2v) is 1.19. The predicted molar refractivity (Wildman–Crippen MR) is 39.5 cm³/mol. The van der Waals surface area contributed by atoms with Crippen LogP contribution in [0.25, 0.3) is 0 Å². The summed E-state index contributed by atoms with van der Waals surface area (Å²) in [4.78, 5) is 3.72. The first-order valence-corrected chi connectivity index (χ1v) is 2.60. The Kier molecular flexibility index (Phi) is 13.2. The van der Waals surface area contributed by atoms with Crippen LogP contribution in [-0.4, -0.2) is 25.1 Å². The van der Waals surface area contributed by atoms with E-state index in [0.717, 1.165) is 0 Å². The summed E-state index contributed by atoms with van der Waals surface area (Å²) in [7, 11) is 1.45. The Balaban J connectivity index is 0. The van der Waals surface area contributed by atoms with Crippen LogP contribution in [0.3, 0.4) is 0 Å². The molecule has 10 heavy (non-hydrogen) atoms. The van der Waals surface area contributed by atoms with Crippen molar-refractivity contribution >= 4 is 0 Å². The Morgan fingerprint density at radius 2 is 2.20 bits per heavy atom. The second-order valence-electron chi connectivity index (χ2n) is 1.19.